The van der Waals surface area contributed by atoms with Crippen LogP contribution in [0.5, 0.6) is 0 Å². The number of carbonyl (C=O) groups is 2. The SMILES string of the molecule is CCCC(=O)N1CCN(c2ccc(Cl)cc2NC(=O)c2ccc(-c3ccc(C)cc3[N+](=O)[O-])o2)CC1. The summed E-state index contributed by atoms with van der Waals surface area (Å²) in [6.45, 7) is 6.21. The molecule has 0 radical (unpaired) electrons. The van der Waals surface area contributed by atoms with Crippen molar-refractivity contribution in [3.8, 4) is 11.3 Å². The first kappa shape index (κ1) is 25.2. The van der Waals surface area contributed by atoms with E-state index in [9.17, 15) is 19.7 Å². The maximum Gasteiger partial charge on any atom is 0.291 e. The number of aryl methyl sites for hydroxylation is 1. The summed E-state index contributed by atoms with van der Waals surface area (Å²) >= 11 is 6.22. The standard InChI is InChI=1S/C26H27ClN4O5/c1-3-4-25(32)30-13-11-29(12-14-30)21-8-6-18(27)16-20(21)28-26(33)24-10-9-23(36-24)19-7-5-17(2)15-22(19)31(34)35/h5-10,15-16H,3-4,11-14H2,1-2H3,(H,28,33). The van der Waals surface area contributed by atoms with Gasteiger partial charge in [-0.25, -0.2) is 0 Å². The highest BCUT2D eigenvalue weighted by molar-refractivity contribution is 6.31. The number of furan rings is 1. The van der Waals surface area contributed by atoms with Crippen LogP contribution >= 0.6 is 11.6 Å². The van der Waals surface area contributed by atoms with Crippen LogP contribution in [0.4, 0.5) is 17.1 Å². The number of nitrogens with zero attached hydrogens (tertiary/aromatic N) is 3. The summed E-state index contributed by atoms with van der Waals surface area (Å²) in [7, 11) is 0. The van der Waals surface area contributed by atoms with Crippen LogP contribution in [0.1, 0.15) is 35.9 Å². The minimum atomic E-state index is -0.503. The molecular weight excluding hydrogens is 484 g/mol. The zero-order valence-corrected chi connectivity index (χ0v) is 20.9. The van der Waals surface area contributed by atoms with Crippen LogP contribution in [-0.2, 0) is 4.79 Å². The number of nitrogens with one attached hydrogen (secondary N) is 1. The second-order valence-corrected chi connectivity index (χ2v) is 9.11. The first-order valence-electron chi connectivity index (χ1n) is 11.8. The van der Waals surface area contributed by atoms with Crippen LogP contribution in [0.3, 0.4) is 0 Å². The zero-order valence-electron chi connectivity index (χ0n) is 20.1. The number of anilines is 2. The topological polar surface area (TPSA) is 109 Å². The van der Waals surface area contributed by atoms with Gasteiger partial charge in [-0.1, -0.05) is 24.6 Å². The predicted octanol–water partition coefficient (Wildman–Crippen LogP) is 5.52. The lowest BCUT2D eigenvalue weighted by Gasteiger charge is -2.37. The van der Waals surface area contributed by atoms with E-state index in [2.05, 4.69) is 10.2 Å². The molecule has 188 valence electrons. The molecule has 36 heavy (non-hydrogen) atoms. The zero-order chi connectivity index (χ0) is 25.8. The average molecular weight is 511 g/mol. The Labute approximate surface area is 213 Å². The molecule has 1 fully saturated rings. The predicted molar refractivity (Wildman–Crippen MR) is 139 cm³/mol. The van der Waals surface area contributed by atoms with Crippen LogP contribution in [0.2, 0.25) is 5.02 Å². The number of carbonyl (C=O) groups excluding carboxylic acids is 2. The van der Waals surface area contributed by atoms with Crippen molar-refractivity contribution in [2.75, 3.05) is 36.4 Å². The summed E-state index contributed by atoms with van der Waals surface area (Å²) in [6.07, 6.45) is 1.36. The molecule has 1 aliphatic heterocycles. The smallest absolute Gasteiger partial charge is 0.291 e. The highest BCUT2D eigenvalue weighted by Gasteiger charge is 2.24. The lowest BCUT2D eigenvalue weighted by Crippen LogP contribution is -2.48. The van der Waals surface area contributed by atoms with Gasteiger partial charge in [0.15, 0.2) is 5.76 Å². The molecule has 1 aliphatic rings. The molecule has 0 aliphatic carbocycles. The summed E-state index contributed by atoms with van der Waals surface area (Å²) < 4.78 is 5.71. The second kappa shape index (κ2) is 10.8. The molecule has 0 atom stereocenters. The fraction of sp³-hybridized carbons (Fsp3) is 0.308. The summed E-state index contributed by atoms with van der Waals surface area (Å²) in [4.78, 5) is 40.2. The van der Waals surface area contributed by atoms with Crippen molar-refractivity contribution >= 4 is 40.5 Å². The largest absolute Gasteiger partial charge is 0.451 e. The van der Waals surface area contributed by atoms with E-state index in [1.807, 2.05) is 17.9 Å². The van der Waals surface area contributed by atoms with E-state index in [4.69, 9.17) is 16.0 Å². The third-order valence-corrected chi connectivity index (χ3v) is 6.32. The molecule has 0 spiro atoms. The molecule has 1 saturated heterocycles. The molecule has 3 aromatic rings. The maximum atomic E-state index is 13.0. The van der Waals surface area contributed by atoms with Crippen molar-refractivity contribution < 1.29 is 18.9 Å². The lowest BCUT2D eigenvalue weighted by molar-refractivity contribution is -0.384. The number of nitro groups is 1. The van der Waals surface area contributed by atoms with Gasteiger partial charge in [0.2, 0.25) is 5.91 Å². The van der Waals surface area contributed by atoms with E-state index in [0.29, 0.717) is 48.9 Å². The molecule has 9 nitrogen and oxygen atoms in total. The van der Waals surface area contributed by atoms with Gasteiger partial charge in [0.05, 0.1) is 21.9 Å². The van der Waals surface area contributed by atoms with E-state index in [1.165, 1.54) is 18.2 Å². The molecular formula is C26H27ClN4O5. The van der Waals surface area contributed by atoms with Crippen LogP contribution < -0.4 is 10.2 Å². The Morgan fingerprint density at radius 3 is 2.53 bits per heavy atom. The van der Waals surface area contributed by atoms with Crippen LogP contribution in [-0.4, -0.2) is 47.8 Å². The number of rotatable bonds is 7. The number of benzene rings is 2. The van der Waals surface area contributed by atoms with Crippen LogP contribution in [0, 0.1) is 17.0 Å². The third kappa shape index (κ3) is 5.52. The normalized spacial score (nSPS) is 13.5. The van der Waals surface area contributed by atoms with Crippen molar-refractivity contribution in [3.63, 3.8) is 0 Å². The number of hydrogen-bond donors (Lipinski definition) is 1. The van der Waals surface area contributed by atoms with E-state index in [1.54, 1.807) is 31.2 Å². The minimum Gasteiger partial charge on any atom is -0.451 e. The molecule has 0 bridgehead atoms. The summed E-state index contributed by atoms with van der Waals surface area (Å²) in [6, 6.07) is 13.1. The highest BCUT2D eigenvalue weighted by atomic mass is 35.5. The van der Waals surface area contributed by atoms with Crippen molar-refractivity contribution in [1.82, 2.24) is 4.90 Å². The molecule has 2 heterocycles. The van der Waals surface area contributed by atoms with Crippen molar-refractivity contribution in [2.45, 2.75) is 26.7 Å². The third-order valence-electron chi connectivity index (χ3n) is 6.09. The van der Waals surface area contributed by atoms with Gasteiger partial charge >= 0.3 is 0 Å². The van der Waals surface area contributed by atoms with E-state index in [0.717, 1.165) is 17.7 Å². The van der Waals surface area contributed by atoms with Crippen molar-refractivity contribution in [3.05, 3.63) is 75.0 Å². The van der Waals surface area contributed by atoms with Gasteiger partial charge in [0, 0.05) is 43.7 Å². The van der Waals surface area contributed by atoms with Crippen LogP contribution in [0.25, 0.3) is 11.3 Å². The van der Waals surface area contributed by atoms with Gasteiger partial charge in [0.1, 0.15) is 5.76 Å². The Morgan fingerprint density at radius 2 is 1.83 bits per heavy atom. The summed E-state index contributed by atoms with van der Waals surface area (Å²) in [5.74, 6) is -0.104. The van der Waals surface area contributed by atoms with Crippen LogP contribution in [0.15, 0.2) is 52.9 Å². The fourth-order valence-corrected chi connectivity index (χ4v) is 4.41. The summed E-state index contributed by atoms with van der Waals surface area (Å²) in [5.41, 5.74) is 2.25. The highest BCUT2D eigenvalue weighted by Crippen LogP contribution is 2.34. The number of halogens is 1. The van der Waals surface area contributed by atoms with E-state index in [-0.39, 0.29) is 23.1 Å². The van der Waals surface area contributed by atoms with Gasteiger partial charge < -0.3 is 19.5 Å². The van der Waals surface area contributed by atoms with E-state index < -0.39 is 10.8 Å². The molecule has 0 unspecified atom stereocenters. The van der Waals surface area contributed by atoms with Crippen molar-refractivity contribution in [2.24, 2.45) is 0 Å². The van der Waals surface area contributed by atoms with E-state index >= 15 is 0 Å². The maximum absolute atomic E-state index is 13.0. The molecule has 1 N–H and O–H groups in total. The van der Waals surface area contributed by atoms with Crippen molar-refractivity contribution in [1.29, 1.82) is 0 Å². The number of piperazine rings is 1. The quantitative estimate of drug-likeness (QED) is 0.331. The second-order valence-electron chi connectivity index (χ2n) is 8.68. The lowest BCUT2D eigenvalue weighted by atomic mass is 10.1. The Balaban J connectivity index is 1.52. The molecule has 2 amide bonds. The number of nitro benzene ring substituents is 1. The minimum absolute atomic E-state index is 0.0146. The summed E-state index contributed by atoms with van der Waals surface area (Å²) in [5, 5.41) is 14.8. The number of amides is 2. The average Bonchev–Trinajstić information content (AvgIpc) is 3.35. The first-order chi connectivity index (χ1) is 17.3. The molecule has 4 rings (SSSR count). The molecule has 2 aromatic carbocycles. The monoisotopic (exact) mass is 510 g/mol. The Bertz CT molecular complexity index is 1300. The number of hydrogen-bond acceptors (Lipinski definition) is 6. The first-order valence-corrected chi connectivity index (χ1v) is 12.1. The van der Waals surface area contributed by atoms with Gasteiger partial charge in [-0.05, 0) is 55.3 Å². The Hall–Kier alpha value is -3.85. The fourth-order valence-electron chi connectivity index (χ4n) is 4.24. The van der Waals surface area contributed by atoms with Gasteiger partial charge in [-0.2, -0.15) is 0 Å². The molecule has 1 aromatic heterocycles. The van der Waals surface area contributed by atoms with Gasteiger partial charge in [-0.3, -0.25) is 19.7 Å². The molecule has 0 saturated carbocycles. The Morgan fingerprint density at radius 1 is 1.08 bits per heavy atom. The van der Waals surface area contributed by atoms with Gasteiger partial charge in [-0.15, -0.1) is 0 Å². The Kier molecular flexibility index (Phi) is 7.59. The molecule has 10 heteroatoms. The van der Waals surface area contributed by atoms with Gasteiger partial charge in [0.25, 0.3) is 11.6 Å².